The van der Waals surface area contributed by atoms with Crippen molar-refractivity contribution in [2.45, 2.75) is 52.1 Å². The summed E-state index contributed by atoms with van der Waals surface area (Å²) < 4.78 is 0. The van der Waals surface area contributed by atoms with Crippen molar-refractivity contribution in [2.75, 3.05) is 13.1 Å². The van der Waals surface area contributed by atoms with Gasteiger partial charge >= 0.3 is 0 Å². The van der Waals surface area contributed by atoms with Crippen LogP contribution in [0.1, 0.15) is 50.8 Å². The van der Waals surface area contributed by atoms with Crippen LogP contribution in [0.25, 0.3) is 0 Å². The Bertz CT molecular complexity index is 422. The van der Waals surface area contributed by atoms with Crippen molar-refractivity contribution in [3.05, 3.63) is 34.5 Å². The zero-order chi connectivity index (χ0) is 14.5. The van der Waals surface area contributed by atoms with E-state index in [0.717, 1.165) is 38.2 Å². The summed E-state index contributed by atoms with van der Waals surface area (Å²) in [4.78, 5) is 17.6. The molecule has 0 aliphatic carbocycles. The molecule has 20 heavy (non-hydrogen) atoms. The molecule has 2 heterocycles. The number of nitrogens with zero attached hydrogens (tertiary/aromatic N) is 3. The molecule has 0 N–H and O–H groups in total. The zero-order valence-electron chi connectivity index (χ0n) is 12.7. The molecule has 0 spiro atoms. The van der Waals surface area contributed by atoms with E-state index in [9.17, 15) is 4.91 Å². The summed E-state index contributed by atoms with van der Waals surface area (Å²) in [5, 5.41) is 3.17. The van der Waals surface area contributed by atoms with Gasteiger partial charge in [-0.25, -0.2) is 0 Å². The van der Waals surface area contributed by atoms with Gasteiger partial charge in [0, 0.05) is 18.4 Å². The Morgan fingerprint density at radius 1 is 1.30 bits per heavy atom. The number of likely N-dealkylation sites (tertiary alicyclic amines) is 1. The second-order valence-corrected chi connectivity index (χ2v) is 6.21. The Hall–Kier alpha value is -1.29. The molecule has 1 aromatic heterocycles. The quantitative estimate of drug-likeness (QED) is 0.772. The van der Waals surface area contributed by atoms with Crippen molar-refractivity contribution in [1.82, 2.24) is 9.88 Å². The van der Waals surface area contributed by atoms with Crippen LogP contribution in [0.2, 0.25) is 0 Å². The molecular formula is C16H25N3O. The Morgan fingerprint density at radius 2 is 2.00 bits per heavy atom. The van der Waals surface area contributed by atoms with Crippen molar-refractivity contribution < 1.29 is 0 Å². The fraction of sp³-hybridized carbons (Fsp3) is 0.688. The molecule has 0 radical (unpaired) electrons. The highest BCUT2D eigenvalue weighted by atomic mass is 16.3. The highest BCUT2D eigenvalue weighted by molar-refractivity contribution is 5.16. The van der Waals surface area contributed by atoms with Crippen LogP contribution in [0.3, 0.4) is 0 Å². The Morgan fingerprint density at radius 3 is 2.50 bits per heavy atom. The van der Waals surface area contributed by atoms with Crippen LogP contribution < -0.4 is 0 Å². The molecule has 1 aliphatic heterocycles. The highest BCUT2D eigenvalue weighted by Gasteiger charge is 2.24. The lowest BCUT2D eigenvalue weighted by Crippen LogP contribution is -2.36. The molecule has 1 aromatic rings. The van der Waals surface area contributed by atoms with Gasteiger partial charge in [0.15, 0.2) is 0 Å². The molecule has 110 valence electrons. The maximum Gasteiger partial charge on any atom is 0.0920 e. The molecule has 0 aromatic carbocycles. The van der Waals surface area contributed by atoms with Crippen LogP contribution in [-0.2, 0) is 6.54 Å². The minimum Gasteiger partial charge on any atom is -0.299 e. The number of aromatic nitrogens is 1. The molecule has 1 aliphatic rings. The third-order valence-electron chi connectivity index (χ3n) is 4.33. The average molecular weight is 275 g/mol. The number of rotatable bonds is 5. The van der Waals surface area contributed by atoms with Crippen LogP contribution in [0.4, 0.5) is 0 Å². The van der Waals surface area contributed by atoms with Gasteiger partial charge in [0.1, 0.15) is 0 Å². The first-order chi connectivity index (χ1) is 9.60. The predicted octanol–water partition coefficient (Wildman–Crippen LogP) is 3.57. The number of hydrogen-bond acceptors (Lipinski definition) is 4. The molecule has 4 heteroatoms. The van der Waals surface area contributed by atoms with E-state index in [-0.39, 0.29) is 6.04 Å². The molecule has 4 nitrogen and oxygen atoms in total. The second-order valence-electron chi connectivity index (χ2n) is 6.21. The van der Waals surface area contributed by atoms with Crippen LogP contribution in [0.5, 0.6) is 0 Å². The third kappa shape index (κ3) is 3.85. The van der Waals surface area contributed by atoms with Gasteiger partial charge in [0.2, 0.25) is 0 Å². The van der Waals surface area contributed by atoms with Crippen LogP contribution in [0.15, 0.2) is 23.5 Å². The van der Waals surface area contributed by atoms with Crippen molar-refractivity contribution in [3.63, 3.8) is 0 Å². The van der Waals surface area contributed by atoms with Crippen molar-refractivity contribution in [3.8, 4) is 0 Å². The van der Waals surface area contributed by atoms with Crippen molar-refractivity contribution in [1.29, 1.82) is 0 Å². The van der Waals surface area contributed by atoms with E-state index in [1.807, 2.05) is 13.1 Å². The van der Waals surface area contributed by atoms with Gasteiger partial charge in [-0.15, -0.1) is 0 Å². The summed E-state index contributed by atoms with van der Waals surface area (Å²) in [6.07, 6.45) is 4.14. The molecular weight excluding hydrogens is 250 g/mol. The number of pyridine rings is 1. The largest absolute Gasteiger partial charge is 0.299 e. The summed E-state index contributed by atoms with van der Waals surface area (Å²) in [5.74, 6) is 0.947. The summed E-state index contributed by atoms with van der Waals surface area (Å²) in [6, 6.07) is 4.28. The van der Waals surface area contributed by atoms with Crippen LogP contribution >= 0.6 is 0 Å². The number of nitroso groups, excluding NO2 is 1. The molecule has 1 saturated heterocycles. The lowest BCUT2D eigenvalue weighted by Gasteiger charge is -2.32. The Balaban J connectivity index is 1.84. The first-order valence-corrected chi connectivity index (χ1v) is 7.59. The Labute approximate surface area is 121 Å². The van der Waals surface area contributed by atoms with E-state index in [2.05, 4.69) is 41.0 Å². The van der Waals surface area contributed by atoms with E-state index in [4.69, 9.17) is 0 Å². The van der Waals surface area contributed by atoms with E-state index >= 15 is 0 Å². The fourth-order valence-electron chi connectivity index (χ4n) is 2.81. The van der Waals surface area contributed by atoms with E-state index < -0.39 is 0 Å². The summed E-state index contributed by atoms with van der Waals surface area (Å²) >= 11 is 0. The van der Waals surface area contributed by atoms with E-state index in [0.29, 0.717) is 11.8 Å². The maximum absolute atomic E-state index is 10.6. The lowest BCUT2D eigenvalue weighted by atomic mass is 9.91. The fourth-order valence-corrected chi connectivity index (χ4v) is 2.81. The maximum atomic E-state index is 10.6. The van der Waals surface area contributed by atoms with Crippen molar-refractivity contribution in [2.24, 2.45) is 11.1 Å². The van der Waals surface area contributed by atoms with Crippen molar-refractivity contribution >= 4 is 0 Å². The second kappa shape index (κ2) is 6.93. The number of hydrogen-bond donors (Lipinski definition) is 0. The standard InChI is InChI=1S/C16H25N3O/c1-12(2)16-5-4-14(10-17-16)11-19-8-6-15(7-9-19)13(3)18-20/h4-5,10,12-13,15H,6-9,11H2,1-3H3. The zero-order valence-corrected chi connectivity index (χ0v) is 12.7. The predicted molar refractivity (Wildman–Crippen MR) is 81.6 cm³/mol. The lowest BCUT2D eigenvalue weighted by molar-refractivity contribution is 0.165. The summed E-state index contributed by atoms with van der Waals surface area (Å²) in [5.41, 5.74) is 2.42. The highest BCUT2D eigenvalue weighted by Crippen LogP contribution is 2.23. The Kier molecular flexibility index (Phi) is 5.24. The molecule has 2 rings (SSSR count). The summed E-state index contributed by atoms with van der Waals surface area (Å²) in [6.45, 7) is 9.32. The van der Waals surface area contributed by atoms with Gasteiger partial charge in [0.05, 0.1) is 6.04 Å². The van der Waals surface area contributed by atoms with Crippen LogP contribution in [-0.4, -0.2) is 29.0 Å². The first-order valence-electron chi connectivity index (χ1n) is 7.59. The third-order valence-corrected chi connectivity index (χ3v) is 4.33. The SMILES string of the molecule is CC(C)c1ccc(CN2CCC(C(C)N=O)CC2)cn1. The average Bonchev–Trinajstić information content (AvgIpc) is 2.48. The van der Waals surface area contributed by atoms with E-state index in [1.165, 1.54) is 5.56 Å². The molecule has 1 fully saturated rings. The molecule has 0 bridgehead atoms. The van der Waals surface area contributed by atoms with Gasteiger partial charge in [-0.05, 0) is 56.3 Å². The van der Waals surface area contributed by atoms with Gasteiger partial charge in [-0.1, -0.05) is 25.1 Å². The monoisotopic (exact) mass is 275 g/mol. The minimum atomic E-state index is -0.0378. The van der Waals surface area contributed by atoms with Gasteiger partial charge in [-0.3, -0.25) is 9.88 Å². The molecule has 0 saturated carbocycles. The smallest absolute Gasteiger partial charge is 0.0920 e. The van der Waals surface area contributed by atoms with E-state index in [1.54, 1.807) is 0 Å². The topological polar surface area (TPSA) is 45.6 Å². The van der Waals surface area contributed by atoms with Gasteiger partial charge in [0.25, 0.3) is 0 Å². The normalized spacial score (nSPS) is 19.2. The van der Waals surface area contributed by atoms with Crippen LogP contribution in [0, 0.1) is 10.8 Å². The summed E-state index contributed by atoms with van der Waals surface area (Å²) in [7, 11) is 0. The van der Waals surface area contributed by atoms with Gasteiger partial charge in [-0.2, -0.15) is 4.91 Å². The van der Waals surface area contributed by atoms with Gasteiger partial charge < -0.3 is 0 Å². The minimum absolute atomic E-state index is 0.0378. The molecule has 1 unspecified atom stereocenters. The molecule has 0 amide bonds. The first kappa shape index (κ1) is 15.1. The number of piperidine rings is 1. The molecule has 1 atom stereocenters.